The molecule has 0 aliphatic carbocycles. The molecule has 10 nitrogen and oxygen atoms in total. The van der Waals surface area contributed by atoms with E-state index < -0.39 is 11.5 Å². The lowest BCUT2D eigenvalue weighted by atomic mass is 10.1. The minimum atomic E-state index is -0.410. The first kappa shape index (κ1) is 25.2. The maximum Gasteiger partial charge on any atom is 0.267 e. The number of aromatic nitrogens is 2. The molecule has 0 unspecified atom stereocenters. The molecule has 0 fully saturated rings. The van der Waals surface area contributed by atoms with Crippen molar-refractivity contribution in [3.63, 3.8) is 0 Å². The third kappa shape index (κ3) is 7.26. The summed E-state index contributed by atoms with van der Waals surface area (Å²) in [5, 5.41) is 12.4. The zero-order chi connectivity index (χ0) is 25.2. The molecule has 0 bridgehead atoms. The molecule has 35 heavy (non-hydrogen) atoms. The number of hydrogen-bond donors (Lipinski definition) is 3. The van der Waals surface area contributed by atoms with Crippen LogP contribution in [0.25, 0.3) is 11.3 Å². The molecular weight excluding hydrogens is 450 g/mol. The van der Waals surface area contributed by atoms with Crippen LogP contribution in [0.3, 0.4) is 0 Å². The first-order valence-corrected chi connectivity index (χ1v) is 11.1. The zero-order valence-electron chi connectivity index (χ0n) is 19.5. The maximum absolute atomic E-state index is 12.3. The Labute approximate surface area is 202 Å². The fourth-order valence-electron chi connectivity index (χ4n) is 3.12. The van der Waals surface area contributed by atoms with Crippen molar-refractivity contribution < 1.29 is 19.1 Å². The highest BCUT2D eigenvalue weighted by Crippen LogP contribution is 2.21. The van der Waals surface area contributed by atoms with E-state index in [4.69, 9.17) is 4.74 Å². The smallest absolute Gasteiger partial charge is 0.267 e. The van der Waals surface area contributed by atoms with Crippen molar-refractivity contribution in [2.75, 3.05) is 25.5 Å². The highest BCUT2D eigenvalue weighted by Gasteiger charge is 2.10. The van der Waals surface area contributed by atoms with Crippen molar-refractivity contribution in [2.24, 2.45) is 0 Å². The van der Waals surface area contributed by atoms with Gasteiger partial charge < -0.3 is 20.7 Å². The maximum atomic E-state index is 12.3. The predicted octanol–water partition coefficient (Wildman–Crippen LogP) is 1.81. The number of nitrogens with one attached hydrogen (secondary N) is 3. The van der Waals surface area contributed by atoms with E-state index >= 15 is 0 Å². The molecule has 3 aromatic rings. The summed E-state index contributed by atoms with van der Waals surface area (Å²) >= 11 is 0. The van der Waals surface area contributed by atoms with Crippen molar-refractivity contribution in [1.29, 1.82) is 0 Å². The Morgan fingerprint density at radius 1 is 0.943 bits per heavy atom. The number of carbonyl (C=O) groups is 3. The van der Waals surface area contributed by atoms with Gasteiger partial charge in [0.1, 0.15) is 12.3 Å². The Hall–Kier alpha value is -4.47. The van der Waals surface area contributed by atoms with E-state index in [1.807, 2.05) is 12.1 Å². The second-order valence-corrected chi connectivity index (χ2v) is 7.53. The van der Waals surface area contributed by atoms with Crippen LogP contribution < -0.4 is 26.2 Å². The van der Waals surface area contributed by atoms with E-state index in [0.717, 1.165) is 10.2 Å². The van der Waals surface area contributed by atoms with E-state index in [2.05, 4.69) is 21.0 Å². The molecule has 10 heteroatoms. The number of ether oxygens (including phenoxy) is 1. The van der Waals surface area contributed by atoms with Gasteiger partial charge in [-0.25, -0.2) is 4.68 Å². The number of carbonyl (C=O) groups excluding carboxylic acids is 3. The molecule has 0 aliphatic rings. The molecular formula is C25H27N5O5. The number of benzene rings is 2. The molecule has 0 saturated heterocycles. The summed E-state index contributed by atoms with van der Waals surface area (Å²) in [4.78, 5) is 48.1. The summed E-state index contributed by atoms with van der Waals surface area (Å²) in [5.74, 6) is -0.173. The van der Waals surface area contributed by atoms with E-state index in [1.54, 1.807) is 56.5 Å². The summed E-state index contributed by atoms with van der Waals surface area (Å²) in [5.41, 5.74) is 1.92. The normalized spacial score (nSPS) is 10.3. The first-order valence-electron chi connectivity index (χ1n) is 11.1. The van der Waals surface area contributed by atoms with Crippen molar-refractivity contribution in [2.45, 2.75) is 19.9 Å². The summed E-state index contributed by atoms with van der Waals surface area (Å²) in [6, 6.07) is 16.7. The third-order valence-electron chi connectivity index (χ3n) is 5.01. The van der Waals surface area contributed by atoms with Gasteiger partial charge in [-0.15, -0.1) is 0 Å². The van der Waals surface area contributed by atoms with Gasteiger partial charge in [-0.1, -0.05) is 19.1 Å². The van der Waals surface area contributed by atoms with E-state index in [1.165, 1.54) is 6.07 Å². The molecule has 1 aromatic heterocycles. The standard InChI is InChI=1S/C25H27N5O5/c1-3-22(31)28-19-9-7-17(8-10-19)25(34)27-14-13-26-23(32)16-30-24(33)12-11-21(29-30)18-5-4-6-20(15-18)35-2/h4-12,15H,3,13-14,16H2,1-2H3,(H,26,32)(H,27,34)(H,28,31). The van der Waals surface area contributed by atoms with Crippen LogP contribution >= 0.6 is 0 Å². The Bertz CT molecular complexity index is 1250. The minimum Gasteiger partial charge on any atom is -0.497 e. The first-order chi connectivity index (χ1) is 16.9. The van der Waals surface area contributed by atoms with Crippen LogP contribution in [0.5, 0.6) is 5.75 Å². The van der Waals surface area contributed by atoms with Crippen LogP contribution in [-0.4, -0.2) is 47.7 Å². The van der Waals surface area contributed by atoms with Crippen LogP contribution in [-0.2, 0) is 16.1 Å². The highest BCUT2D eigenvalue weighted by molar-refractivity contribution is 5.95. The summed E-state index contributed by atoms with van der Waals surface area (Å²) in [6.45, 7) is 1.88. The molecule has 182 valence electrons. The zero-order valence-corrected chi connectivity index (χ0v) is 19.5. The molecule has 0 aliphatic heterocycles. The van der Waals surface area contributed by atoms with Gasteiger partial charge in [-0.3, -0.25) is 19.2 Å². The number of nitrogens with zero attached hydrogens (tertiary/aromatic N) is 2. The van der Waals surface area contributed by atoms with Gasteiger partial charge >= 0.3 is 0 Å². The number of methoxy groups -OCH3 is 1. The van der Waals surface area contributed by atoms with Gasteiger partial charge in [0.2, 0.25) is 11.8 Å². The van der Waals surface area contributed by atoms with Crippen molar-refractivity contribution in [3.8, 4) is 17.0 Å². The van der Waals surface area contributed by atoms with E-state index in [9.17, 15) is 19.2 Å². The minimum absolute atomic E-state index is 0.109. The molecule has 0 saturated carbocycles. The largest absolute Gasteiger partial charge is 0.497 e. The van der Waals surface area contributed by atoms with Crippen LogP contribution in [0.2, 0.25) is 0 Å². The Kier molecular flexibility index (Phi) is 8.71. The van der Waals surface area contributed by atoms with Gasteiger partial charge in [0.05, 0.1) is 12.8 Å². The molecule has 0 spiro atoms. The van der Waals surface area contributed by atoms with Crippen molar-refractivity contribution in [1.82, 2.24) is 20.4 Å². The second kappa shape index (κ2) is 12.1. The summed E-state index contributed by atoms with van der Waals surface area (Å²) in [6.07, 6.45) is 0.367. The molecule has 3 amide bonds. The van der Waals surface area contributed by atoms with Crippen molar-refractivity contribution >= 4 is 23.4 Å². The number of hydrogen-bond acceptors (Lipinski definition) is 6. The lowest BCUT2D eigenvalue weighted by Crippen LogP contribution is -2.38. The van der Waals surface area contributed by atoms with Gasteiger partial charge in [0, 0.05) is 42.4 Å². The number of anilines is 1. The van der Waals surface area contributed by atoms with E-state index in [-0.39, 0.29) is 31.4 Å². The Balaban J connectivity index is 1.48. The highest BCUT2D eigenvalue weighted by atomic mass is 16.5. The molecule has 0 radical (unpaired) electrons. The molecule has 3 rings (SSSR count). The second-order valence-electron chi connectivity index (χ2n) is 7.53. The van der Waals surface area contributed by atoms with Gasteiger partial charge in [0.25, 0.3) is 11.5 Å². The quantitative estimate of drug-likeness (QED) is 0.382. The fourth-order valence-corrected chi connectivity index (χ4v) is 3.12. The third-order valence-corrected chi connectivity index (χ3v) is 5.01. The van der Waals surface area contributed by atoms with Crippen LogP contribution in [0.4, 0.5) is 5.69 Å². The van der Waals surface area contributed by atoms with E-state index in [0.29, 0.717) is 29.1 Å². The topological polar surface area (TPSA) is 131 Å². The van der Waals surface area contributed by atoms with Crippen LogP contribution in [0.1, 0.15) is 23.7 Å². The SMILES string of the molecule is CCC(=O)Nc1ccc(C(=O)NCCNC(=O)Cn2nc(-c3cccc(OC)c3)ccc2=O)cc1. The van der Waals surface area contributed by atoms with Crippen LogP contribution in [0.15, 0.2) is 65.5 Å². The molecule has 1 heterocycles. The lowest BCUT2D eigenvalue weighted by Gasteiger charge is -2.10. The van der Waals surface area contributed by atoms with Crippen molar-refractivity contribution in [3.05, 3.63) is 76.6 Å². The molecule has 0 atom stereocenters. The fraction of sp³-hybridized carbons (Fsp3) is 0.240. The summed E-state index contributed by atoms with van der Waals surface area (Å²) < 4.78 is 6.30. The summed E-state index contributed by atoms with van der Waals surface area (Å²) in [7, 11) is 1.56. The number of amides is 3. The molecule has 2 aromatic carbocycles. The average molecular weight is 478 g/mol. The van der Waals surface area contributed by atoms with Crippen LogP contribution in [0, 0.1) is 0 Å². The van der Waals surface area contributed by atoms with Gasteiger partial charge in [-0.2, -0.15) is 5.10 Å². The molecule has 3 N–H and O–H groups in total. The van der Waals surface area contributed by atoms with Gasteiger partial charge in [0.15, 0.2) is 0 Å². The average Bonchev–Trinajstić information content (AvgIpc) is 2.88. The number of rotatable bonds is 10. The van der Waals surface area contributed by atoms with Gasteiger partial charge in [-0.05, 0) is 42.5 Å². The Morgan fingerprint density at radius 3 is 2.40 bits per heavy atom. The monoisotopic (exact) mass is 477 g/mol. The predicted molar refractivity (Wildman–Crippen MR) is 131 cm³/mol. The Morgan fingerprint density at radius 2 is 1.69 bits per heavy atom. The lowest BCUT2D eigenvalue weighted by molar-refractivity contribution is -0.122.